The second-order valence-electron chi connectivity index (χ2n) is 7.91. The Labute approximate surface area is 205 Å². The van der Waals surface area contributed by atoms with Crippen LogP contribution in [-0.4, -0.2) is 37.6 Å². The Morgan fingerprint density at radius 2 is 1.63 bits per heavy atom. The van der Waals surface area contributed by atoms with Gasteiger partial charge < -0.3 is 10.6 Å². The zero-order valence-corrected chi connectivity index (χ0v) is 20.7. The van der Waals surface area contributed by atoms with Gasteiger partial charge in [0.1, 0.15) is 5.82 Å². The number of nitrogens with one attached hydrogen (secondary N) is 2. The van der Waals surface area contributed by atoms with Crippen LogP contribution in [0.25, 0.3) is 0 Å². The molecular weight excluding hydrogens is 469 g/mol. The normalized spacial score (nSPS) is 11.3. The Bertz CT molecular complexity index is 1340. The van der Waals surface area contributed by atoms with Crippen molar-refractivity contribution in [2.75, 3.05) is 18.4 Å². The third-order valence-electron chi connectivity index (χ3n) is 5.52. The second-order valence-corrected chi connectivity index (χ2v) is 9.85. The van der Waals surface area contributed by atoms with Crippen LogP contribution in [0, 0.1) is 12.7 Å². The molecule has 35 heavy (non-hydrogen) atoms. The predicted molar refractivity (Wildman–Crippen MR) is 133 cm³/mol. The molecule has 9 heteroatoms. The molecule has 2 amide bonds. The molecular formula is C26H28FN3O4S. The molecule has 0 aliphatic carbocycles. The molecule has 0 saturated heterocycles. The Hall–Kier alpha value is -3.56. The summed E-state index contributed by atoms with van der Waals surface area (Å²) < 4.78 is 40.4. The van der Waals surface area contributed by atoms with Crippen molar-refractivity contribution in [1.29, 1.82) is 0 Å². The molecule has 0 spiro atoms. The van der Waals surface area contributed by atoms with Gasteiger partial charge in [0.2, 0.25) is 10.0 Å². The fourth-order valence-electron chi connectivity index (χ4n) is 3.59. The maximum absolute atomic E-state index is 13.4. The maximum Gasteiger partial charge on any atom is 0.255 e. The van der Waals surface area contributed by atoms with Gasteiger partial charge in [0.05, 0.1) is 4.90 Å². The lowest BCUT2D eigenvalue weighted by atomic mass is 10.1. The lowest BCUT2D eigenvalue weighted by Crippen LogP contribution is -2.31. The fraction of sp³-hybridized carbons (Fsp3) is 0.231. The van der Waals surface area contributed by atoms with Crippen LogP contribution in [0.2, 0.25) is 0 Å². The molecule has 7 nitrogen and oxygen atoms in total. The lowest BCUT2D eigenvalue weighted by Gasteiger charge is -2.19. The molecule has 0 radical (unpaired) electrons. The number of carbonyl (C=O) groups excluding carboxylic acids is 2. The van der Waals surface area contributed by atoms with Gasteiger partial charge in [0.15, 0.2) is 0 Å². The third kappa shape index (κ3) is 6.32. The number of halogens is 1. The highest BCUT2D eigenvalue weighted by Gasteiger charge is 2.23. The summed E-state index contributed by atoms with van der Waals surface area (Å²) in [6.45, 7) is 6.09. The van der Waals surface area contributed by atoms with E-state index >= 15 is 0 Å². The summed E-state index contributed by atoms with van der Waals surface area (Å²) in [4.78, 5) is 25.3. The minimum absolute atomic E-state index is 0.0685. The SMILES string of the molecule is CCN(CC)S(=O)(=O)c1ccc(C)c(C(=O)NCc2cccc(NC(=O)c3cccc(F)c3)c2)c1. The molecule has 3 aromatic carbocycles. The predicted octanol–water partition coefficient (Wildman–Crippen LogP) is 4.35. The van der Waals surface area contributed by atoms with E-state index in [0.29, 0.717) is 24.3 Å². The van der Waals surface area contributed by atoms with Gasteiger partial charge in [0.25, 0.3) is 11.8 Å². The van der Waals surface area contributed by atoms with E-state index in [2.05, 4.69) is 10.6 Å². The number of sulfonamides is 1. The first-order valence-electron chi connectivity index (χ1n) is 11.2. The van der Waals surface area contributed by atoms with E-state index in [9.17, 15) is 22.4 Å². The first-order valence-corrected chi connectivity index (χ1v) is 12.6. The van der Waals surface area contributed by atoms with Crippen LogP contribution in [0.5, 0.6) is 0 Å². The van der Waals surface area contributed by atoms with Crippen molar-refractivity contribution in [2.24, 2.45) is 0 Å². The molecule has 184 valence electrons. The number of nitrogens with zero attached hydrogens (tertiary/aromatic N) is 1. The van der Waals surface area contributed by atoms with Crippen molar-refractivity contribution in [3.05, 3.63) is 94.8 Å². The zero-order chi connectivity index (χ0) is 25.6. The molecule has 0 heterocycles. The van der Waals surface area contributed by atoms with Crippen molar-refractivity contribution in [1.82, 2.24) is 9.62 Å². The van der Waals surface area contributed by atoms with E-state index in [1.807, 2.05) is 0 Å². The largest absolute Gasteiger partial charge is 0.348 e. The number of rotatable bonds is 9. The van der Waals surface area contributed by atoms with Crippen LogP contribution in [0.15, 0.2) is 71.6 Å². The molecule has 0 atom stereocenters. The summed E-state index contributed by atoms with van der Waals surface area (Å²) in [6, 6.07) is 16.8. The summed E-state index contributed by atoms with van der Waals surface area (Å²) in [7, 11) is -3.69. The first kappa shape index (κ1) is 26.1. The van der Waals surface area contributed by atoms with Crippen molar-refractivity contribution in [2.45, 2.75) is 32.2 Å². The summed E-state index contributed by atoms with van der Waals surface area (Å²) in [6.07, 6.45) is 0. The minimum Gasteiger partial charge on any atom is -0.348 e. The zero-order valence-electron chi connectivity index (χ0n) is 19.8. The topological polar surface area (TPSA) is 95.6 Å². The van der Waals surface area contributed by atoms with Gasteiger partial charge in [-0.15, -0.1) is 0 Å². The number of carbonyl (C=O) groups is 2. The summed E-state index contributed by atoms with van der Waals surface area (Å²) in [5, 5.41) is 5.51. The Morgan fingerprint density at radius 3 is 2.31 bits per heavy atom. The Kier molecular flexibility index (Phi) is 8.37. The quantitative estimate of drug-likeness (QED) is 0.460. The fourth-order valence-corrected chi connectivity index (χ4v) is 5.07. The highest BCUT2D eigenvalue weighted by atomic mass is 32.2. The van der Waals surface area contributed by atoms with Gasteiger partial charge in [-0.25, -0.2) is 12.8 Å². The number of aryl methyl sites for hydroxylation is 1. The standard InChI is InChI=1S/C26H28FN3O4S/c1-4-30(5-2)35(33,34)23-13-12-18(3)24(16-23)26(32)28-17-19-8-6-11-22(14-19)29-25(31)20-9-7-10-21(27)15-20/h6-16H,4-5,17H2,1-3H3,(H,28,32)(H,29,31). The summed E-state index contributed by atoms with van der Waals surface area (Å²) in [5.74, 6) is -1.36. The number of hydrogen-bond donors (Lipinski definition) is 2. The average Bonchev–Trinajstić information content (AvgIpc) is 2.83. The highest BCUT2D eigenvalue weighted by molar-refractivity contribution is 7.89. The van der Waals surface area contributed by atoms with Crippen LogP contribution >= 0.6 is 0 Å². The van der Waals surface area contributed by atoms with E-state index in [0.717, 1.165) is 11.6 Å². The van der Waals surface area contributed by atoms with Crippen LogP contribution in [-0.2, 0) is 16.6 Å². The van der Waals surface area contributed by atoms with Gasteiger partial charge in [-0.3, -0.25) is 9.59 Å². The van der Waals surface area contributed by atoms with Crippen molar-refractivity contribution >= 4 is 27.5 Å². The number of hydrogen-bond acceptors (Lipinski definition) is 4. The van der Waals surface area contributed by atoms with E-state index < -0.39 is 27.7 Å². The van der Waals surface area contributed by atoms with Crippen LogP contribution in [0.1, 0.15) is 45.7 Å². The Balaban J connectivity index is 1.72. The molecule has 0 aromatic heterocycles. The lowest BCUT2D eigenvalue weighted by molar-refractivity contribution is 0.0949. The smallest absolute Gasteiger partial charge is 0.255 e. The molecule has 3 aromatic rings. The van der Waals surface area contributed by atoms with Gasteiger partial charge in [-0.2, -0.15) is 4.31 Å². The molecule has 2 N–H and O–H groups in total. The molecule has 0 unspecified atom stereocenters. The van der Waals surface area contributed by atoms with Crippen molar-refractivity contribution < 1.29 is 22.4 Å². The second kappa shape index (κ2) is 11.2. The van der Waals surface area contributed by atoms with Gasteiger partial charge in [-0.1, -0.05) is 38.1 Å². The highest BCUT2D eigenvalue weighted by Crippen LogP contribution is 2.20. The van der Waals surface area contributed by atoms with Gasteiger partial charge in [-0.05, 0) is 60.5 Å². The van der Waals surface area contributed by atoms with Crippen molar-refractivity contribution in [3.8, 4) is 0 Å². The molecule has 0 aliphatic rings. The average molecular weight is 498 g/mol. The summed E-state index contributed by atoms with van der Waals surface area (Å²) >= 11 is 0. The number of benzene rings is 3. The Morgan fingerprint density at radius 1 is 0.914 bits per heavy atom. The molecule has 0 bridgehead atoms. The molecule has 0 saturated carbocycles. The van der Waals surface area contributed by atoms with Crippen LogP contribution < -0.4 is 10.6 Å². The monoisotopic (exact) mass is 497 g/mol. The van der Waals surface area contributed by atoms with E-state index in [1.54, 1.807) is 51.1 Å². The first-order chi connectivity index (χ1) is 16.6. The maximum atomic E-state index is 13.4. The molecule has 0 fully saturated rings. The van der Waals surface area contributed by atoms with E-state index in [1.165, 1.54) is 34.6 Å². The van der Waals surface area contributed by atoms with Crippen LogP contribution in [0.4, 0.5) is 10.1 Å². The van der Waals surface area contributed by atoms with E-state index in [-0.39, 0.29) is 22.6 Å². The van der Waals surface area contributed by atoms with Crippen LogP contribution in [0.3, 0.4) is 0 Å². The summed E-state index contributed by atoms with van der Waals surface area (Å²) in [5.41, 5.74) is 2.33. The molecule has 0 aliphatic heterocycles. The van der Waals surface area contributed by atoms with Gasteiger partial charge in [0, 0.05) is 36.4 Å². The number of anilines is 1. The van der Waals surface area contributed by atoms with Crippen molar-refractivity contribution in [3.63, 3.8) is 0 Å². The minimum atomic E-state index is -3.69. The number of amides is 2. The third-order valence-corrected chi connectivity index (χ3v) is 7.57. The molecule has 3 rings (SSSR count). The van der Waals surface area contributed by atoms with Gasteiger partial charge >= 0.3 is 0 Å². The van der Waals surface area contributed by atoms with E-state index in [4.69, 9.17) is 0 Å².